The Kier molecular flexibility index (Phi) is 5.70. The number of rotatable bonds is 7. The van der Waals surface area contributed by atoms with Gasteiger partial charge in [-0.2, -0.15) is 0 Å². The fraction of sp³-hybridized carbons (Fsp3) is 0.474. The SMILES string of the molecule is CC(C)C(O)c1ccc(N2C(COCc3ccco3)CCS2(=O)=O)cc1. The van der Waals surface area contributed by atoms with E-state index in [0.717, 1.165) is 5.56 Å². The number of sulfonamides is 1. The predicted octanol–water partition coefficient (Wildman–Crippen LogP) is 3.09. The van der Waals surface area contributed by atoms with Crippen LogP contribution in [0, 0.1) is 5.92 Å². The summed E-state index contributed by atoms with van der Waals surface area (Å²) < 4.78 is 37.3. The zero-order valence-electron chi connectivity index (χ0n) is 15.0. The van der Waals surface area contributed by atoms with E-state index in [0.29, 0.717) is 31.1 Å². The first-order chi connectivity index (χ1) is 12.4. The number of hydrogen-bond acceptors (Lipinski definition) is 5. The Morgan fingerprint density at radius 3 is 2.62 bits per heavy atom. The summed E-state index contributed by atoms with van der Waals surface area (Å²) in [7, 11) is -3.36. The normalized spacial score (nSPS) is 20.6. The van der Waals surface area contributed by atoms with Crippen LogP contribution < -0.4 is 4.31 Å². The molecule has 0 bridgehead atoms. The Hall–Kier alpha value is -1.83. The van der Waals surface area contributed by atoms with E-state index >= 15 is 0 Å². The van der Waals surface area contributed by atoms with E-state index in [1.54, 1.807) is 36.6 Å². The molecule has 2 heterocycles. The van der Waals surface area contributed by atoms with Gasteiger partial charge in [-0.05, 0) is 42.2 Å². The molecule has 142 valence electrons. The fourth-order valence-electron chi connectivity index (χ4n) is 3.14. The summed E-state index contributed by atoms with van der Waals surface area (Å²) in [6.45, 7) is 4.50. The number of aliphatic hydroxyl groups is 1. The molecule has 0 saturated carbocycles. The van der Waals surface area contributed by atoms with Crippen molar-refractivity contribution in [2.75, 3.05) is 16.7 Å². The first-order valence-corrected chi connectivity index (χ1v) is 10.4. The van der Waals surface area contributed by atoms with Crippen molar-refractivity contribution in [1.82, 2.24) is 0 Å². The molecule has 1 aliphatic heterocycles. The van der Waals surface area contributed by atoms with Crippen molar-refractivity contribution in [3.05, 3.63) is 54.0 Å². The molecular formula is C19H25NO5S. The van der Waals surface area contributed by atoms with Crippen LogP contribution in [-0.2, 0) is 21.4 Å². The summed E-state index contributed by atoms with van der Waals surface area (Å²) >= 11 is 0. The minimum atomic E-state index is -3.36. The number of anilines is 1. The smallest absolute Gasteiger partial charge is 0.235 e. The summed E-state index contributed by atoms with van der Waals surface area (Å²) in [6, 6.07) is 10.5. The summed E-state index contributed by atoms with van der Waals surface area (Å²) in [5, 5.41) is 10.2. The van der Waals surface area contributed by atoms with E-state index in [4.69, 9.17) is 9.15 Å². The summed E-state index contributed by atoms with van der Waals surface area (Å²) in [4.78, 5) is 0. The maximum absolute atomic E-state index is 12.5. The quantitative estimate of drug-likeness (QED) is 0.800. The summed E-state index contributed by atoms with van der Waals surface area (Å²) in [5.41, 5.74) is 1.39. The minimum Gasteiger partial charge on any atom is -0.467 e. The maximum Gasteiger partial charge on any atom is 0.235 e. The Morgan fingerprint density at radius 1 is 1.27 bits per heavy atom. The van der Waals surface area contributed by atoms with Crippen molar-refractivity contribution in [2.24, 2.45) is 5.92 Å². The second kappa shape index (κ2) is 7.82. The molecule has 1 aliphatic rings. The first kappa shape index (κ1) is 18.9. The number of benzene rings is 1. The van der Waals surface area contributed by atoms with Crippen LogP contribution in [-0.4, -0.2) is 31.9 Å². The van der Waals surface area contributed by atoms with Crippen LogP contribution >= 0.6 is 0 Å². The third-order valence-corrected chi connectivity index (χ3v) is 6.46. The molecule has 0 spiro atoms. The Bertz CT molecular complexity index is 799. The maximum atomic E-state index is 12.5. The van der Waals surface area contributed by atoms with Crippen LogP contribution in [0.3, 0.4) is 0 Å². The third kappa shape index (κ3) is 4.11. The zero-order chi connectivity index (χ0) is 18.7. The lowest BCUT2D eigenvalue weighted by atomic mass is 9.99. The molecule has 2 unspecified atom stereocenters. The molecule has 3 rings (SSSR count). The minimum absolute atomic E-state index is 0.0964. The number of furan rings is 1. The van der Waals surface area contributed by atoms with Crippen LogP contribution in [0.15, 0.2) is 47.1 Å². The molecule has 0 aliphatic carbocycles. The summed E-state index contributed by atoms with van der Waals surface area (Å²) in [6.07, 6.45) is 1.54. The monoisotopic (exact) mass is 379 g/mol. The van der Waals surface area contributed by atoms with Crippen molar-refractivity contribution < 1.29 is 22.7 Å². The molecule has 1 aromatic heterocycles. The van der Waals surface area contributed by atoms with Crippen LogP contribution in [0.25, 0.3) is 0 Å². The average Bonchev–Trinajstić information content (AvgIpc) is 3.22. The standard InChI is InChI=1S/C19H25NO5S/c1-14(2)19(21)15-5-7-16(8-6-15)20-17(9-11-26(20,22)23)12-24-13-18-4-3-10-25-18/h3-8,10,14,17,19,21H,9,11-13H2,1-2H3. The molecule has 1 saturated heterocycles. The summed E-state index contributed by atoms with van der Waals surface area (Å²) in [5.74, 6) is 0.918. The lowest BCUT2D eigenvalue weighted by Crippen LogP contribution is -2.36. The molecule has 26 heavy (non-hydrogen) atoms. The zero-order valence-corrected chi connectivity index (χ0v) is 15.9. The van der Waals surface area contributed by atoms with E-state index in [1.807, 2.05) is 19.9 Å². The van der Waals surface area contributed by atoms with E-state index in [1.165, 1.54) is 4.31 Å². The van der Waals surface area contributed by atoms with Crippen molar-refractivity contribution in [2.45, 2.75) is 39.0 Å². The van der Waals surface area contributed by atoms with Gasteiger partial charge in [0.25, 0.3) is 0 Å². The van der Waals surface area contributed by atoms with Gasteiger partial charge in [0.15, 0.2) is 0 Å². The van der Waals surface area contributed by atoms with Gasteiger partial charge in [-0.15, -0.1) is 0 Å². The molecule has 1 N–H and O–H groups in total. The van der Waals surface area contributed by atoms with Gasteiger partial charge in [0, 0.05) is 0 Å². The van der Waals surface area contributed by atoms with Gasteiger partial charge in [-0.1, -0.05) is 26.0 Å². The van der Waals surface area contributed by atoms with Gasteiger partial charge in [-0.3, -0.25) is 4.31 Å². The highest BCUT2D eigenvalue weighted by Crippen LogP contribution is 2.31. The Labute approximate surface area is 154 Å². The highest BCUT2D eigenvalue weighted by Gasteiger charge is 2.37. The van der Waals surface area contributed by atoms with E-state index in [2.05, 4.69) is 0 Å². The van der Waals surface area contributed by atoms with Gasteiger partial charge < -0.3 is 14.3 Å². The molecule has 6 nitrogen and oxygen atoms in total. The van der Waals surface area contributed by atoms with Crippen LogP contribution in [0.5, 0.6) is 0 Å². The molecule has 2 atom stereocenters. The highest BCUT2D eigenvalue weighted by atomic mass is 32.2. The number of nitrogens with zero attached hydrogens (tertiary/aromatic N) is 1. The largest absolute Gasteiger partial charge is 0.467 e. The van der Waals surface area contributed by atoms with Crippen molar-refractivity contribution >= 4 is 15.7 Å². The molecule has 0 amide bonds. The van der Waals surface area contributed by atoms with Crippen LogP contribution in [0.1, 0.15) is 37.7 Å². The lowest BCUT2D eigenvalue weighted by Gasteiger charge is -2.25. The number of ether oxygens (including phenoxy) is 1. The second-order valence-corrected chi connectivity index (χ2v) is 8.89. The third-order valence-electron chi connectivity index (χ3n) is 4.60. The van der Waals surface area contributed by atoms with Gasteiger partial charge in [0.1, 0.15) is 12.4 Å². The van der Waals surface area contributed by atoms with Crippen molar-refractivity contribution in [3.8, 4) is 0 Å². The van der Waals surface area contributed by atoms with Crippen molar-refractivity contribution in [1.29, 1.82) is 0 Å². The number of aliphatic hydroxyl groups excluding tert-OH is 1. The number of hydrogen-bond donors (Lipinski definition) is 1. The van der Waals surface area contributed by atoms with Gasteiger partial charge >= 0.3 is 0 Å². The van der Waals surface area contributed by atoms with E-state index in [-0.39, 0.29) is 17.7 Å². The highest BCUT2D eigenvalue weighted by molar-refractivity contribution is 7.93. The predicted molar refractivity (Wildman–Crippen MR) is 99.3 cm³/mol. The van der Waals surface area contributed by atoms with Gasteiger partial charge in [-0.25, -0.2) is 8.42 Å². The van der Waals surface area contributed by atoms with E-state index in [9.17, 15) is 13.5 Å². The van der Waals surface area contributed by atoms with Crippen LogP contribution in [0.2, 0.25) is 0 Å². The topological polar surface area (TPSA) is 80.0 Å². The Balaban J connectivity index is 1.71. The molecule has 1 fully saturated rings. The molecule has 7 heteroatoms. The molecule has 1 aromatic carbocycles. The molecule has 0 radical (unpaired) electrons. The van der Waals surface area contributed by atoms with Gasteiger partial charge in [0.2, 0.25) is 10.0 Å². The lowest BCUT2D eigenvalue weighted by molar-refractivity contribution is 0.0960. The first-order valence-electron chi connectivity index (χ1n) is 8.79. The molecule has 2 aromatic rings. The van der Waals surface area contributed by atoms with Crippen molar-refractivity contribution in [3.63, 3.8) is 0 Å². The van der Waals surface area contributed by atoms with E-state index < -0.39 is 16.1 Å². The molecular weight excluding hydrogens is 354 g/mol. The van der Waals surface area contributed by atoms with Gasteiger partial charge in [0.05, 0.1) is 36.5 Å². The average molecular weight is 379 g/mol. The fourth-order valence-corrected chi connectivity index (χ4v) is 4.97. The second-order valence-electron chi connectivity index (χ2n) is 6.93. The van der Waals surface area contributed by atoms with Crippen LogP contribution in [0.4, 0.5) is 5.69 Å². The Morgan fingerprint density at radius 2 is 2.00 bits per heavy atom.